The maximum absolute atomic E-state index is 12.8. The molecule has 1 aromatic rings. The number of nitrogens with one attached hydrogen (secondary N) is 1. The van der Waals surface area contributed by atoms with E-state index in [-0.39, 0.29) is 17.1 Å². The first-order valence-electron chi connectivity index (χ1n) is 9.48. The van der Waals surface area contributed by atoms with E-state index in [2.05, 4.69) is 25.2 Å². The van der Waals surface area contributed by atoms with E-state index in [9.17, 15) is 10.1 Å². The highest BCUT2D eigenvalue weighted by Crippen LogP contribution is 2.33. The molecule has 1 fully saturated rings. The minimum absolute atomic E-state index is 0.0929. The Kier molecular flexibility index (Phi) is 6.01. The fourth-order valence-electron chi connectivity index (χ4n) is 3.75. The Morgan fingerprint density at radius 3 is 2.68 bits per heavy atom. The Hall–Kier alpha value is -1.54. The third kappa shape index (κ3) is 4.36. The van der Waals surface area contributed by atoms with Gasteiger partial charge in [-0.25, -0.2) is 4.98 Å². The molecule has 134 valence electrons. The lowest BCUT2D eigenvalue weighted by atomic mass is 9.95. The number of hydrogen-bond donors (Lipinski definition) is 1. The number of aromatic nitrogens is 1. The zero-order valence-electron chi connectivity index (χ0n) is 15.2. The minimum atomic E-state index is -0.207. The molecular formula is C20H27N3OS. The van der Waals surface area contributed by atoms with Crippen LogP contribution in [0.15, 0.2) is 11.1 Å². The van der Waals surface area contributed by atoms with E-state index in [0.29, 0.717) is 11.6 Å². The van der Waals surface area contributed by atoms with Crippen LogP contribution in [0, 0.1) is 17.2 Å². The molecule has 1 unspecified atom stereocenters. The number of hydrogen-bond acceptors (Lipinski definition) is 4. The molecule has 0 aliphatic heterocycles. The number of amides is 1. The van der Waals surface area contributed by atoms with Gasteiger partial charge in [0.2, 0.25) is 5.91 Å². The predicted molar refractivity (Wildman–Crippen MR) is 100 cm³/mol. The monoisotopic (exact) mass is 357 g/mol. The van der Waals surface area contributed by atoms with Gasteiger partial charge in [0.1, 0.15) is 11.1 Å². The smallest absolute Gasteiger partial charge is 0.234 e. The summed E-state index contributed by atoms with van der Waals surface area (Å²) in [5.41, 5.74) is 2.94. The van der Waals surface area contributed by atoms with E-state index < -0.39 is 0 Å². The number of carbonyl (C=O) groups is 1. The number of fused-ring (bicyclic) bond motifs is 1. The maximum atomic E-state index is 12.8. The van der Waals surface area contributed by atoms with Crippen LogP contribution in [-0.2, 0) is 17.6 Å². The highest BCUT2D eigenvalue weighted by atomic mass is 32.2. The van der Waals surface area contributed by atoms with Crippen molar-refractivity contribution in [2.45, 2.75) is 81.5 Å². The number of nitriles is 1. The summed E-state index contributed by atoms with van der Waals surface area (Å²) in [4.78, 5) is 17.6. The van der Waals surface area contributed by atoms with Crippen molar-refractivity contribution in [2.75, 3.05) is 0 Å². The molecule has 1 saturated carbocycles. The van der Waals surface area contributed by atoms with Gasteiger partial charge in [0, 0.05) is 11.7 Å². The van der Waals surface area contributed by atoms with Crippen molar-refractivity contribution >= 4 is 17.7 Å². The van der Waals surface area contributed by atoms with Crippen molar-refractivity contribution in [3.63, 3.8) is 0 Å². The van der Waals surface area contributed by atoms with Crippen LogP contribution < -0.4 is 5.32 Å². The Labute approximate surface area is 154 Å². The van der Waals surface area contributed by atoms with Crippen molar-refractivity contribution in [3.05, 3.63) is 22.9 Å². The summed E-state index contributed by atoms with van der Waals surface area (Å²) in [5, 5.41) is 13.3. The van der Waals surface area contributed by atoms with Gasteiger partial charge in [0.15, 0.2) is 0 Å². The summed E-state index contributed by atoms with van der Waals surface area (Å²) in [6, 6.07) is 4.60. The van der Waals surface area contributed by atoms with Gasteiger partial charge in [-0.05, 0) is 56.1 Å². The van der Waals surface area contributed by atoms with Crippen LogP contribution in [0.2, 0.25) is 0 Å². The molecule has 0 radical (unpaired) electrons. The molecule has 4 nitrogen and oxygen atoms in total. The molecule has 5 heteroatoms. The highest BCUT2D eigenvalue weighted by molar-refractivity contribution is 8.00. The van der Waals surface area contributed by atoms with E-state index in [1.54, 1.807) is 0 Å². The van der Waals surface area contributed by atoms with Gasteiger partial charge in [-0.1, -0.05) is 38.5 Å². The third-order valence-electron chi connectivity index (χ3n) is 5.19. The molecule has 0 spiro atoms. The van der Waals surface area contributed by atoms with Crippen molar-refractivity contribution < 1.29 is 4.79 Å². The molecule has 0 bridgehead atoms. The lowest BCUT2D eigenvalue weighted by Gasteiger charge is -2.23. The van der Waals surface area contributed by atoms with Gasteiger partial charge in [0.25, 0.3) is 0 Å². The number of aryl methyl sites for hydroxylation is 2. The molecule has 1 atom stereocenters. The lowest BCUT2D eigenvalue weighted by Crippen LogP contribution is -2.41. The molecule has 2 aliphatic carbocycles. The number of thioether (sulfide) groups is 1. The molecule has 1 amide bonds. The quantitative estimate of drug-likeness (QED) is 0.809. The number of nitrogens with zero attached hydrogens (tertiary/aromatic N) is 2. The second-order valence-corrected chi connectivity index (χ2v) is 8.67. The van der Waals surface area contributed by atoms with Gasteiger partial charge < -0.3 is 5.32 Å². The number of rotatable bonds is 5. The van der Waals surface area contributed by atoms with Gasteiger partial charge in [-0.3, -0.25) is 4.79 Å². The van der Waals surface area contributed by atoms with Gasteiger partial charge in [-0.15, -0.1) is 0 Å². The minimum Gasteiger partial charge on any atom is -0.352 e. The molecule has 0 aromatic carbocycles. The summed E-state index contributed by atoms with van der Waals surface area (Å²) in [6.45, 7) is 4.13. The first-order valence-corrected chi connectivity index (χ1v) is 10.4. The van der Waals surface area contributed by atoms with Crippen LogP contribution in [0.4, 0.5) is 0 Å². The molecule has 1 heterocycles. The van der Waals surface area contributed by atoms with E-state index in [1.165, 1.54) is 36.6 Å². The second kappa shape index (κ2) is 8.23. The first kappa shape index (κ1) is 18.3. The summed E-state index contributed by atoms with van der Waals surface area (Å²) in [5.74, 6) is 0.283. The lowest BCUT2D eigenvalue weighted by molar-refractivity contribution is -0.121. The molecule has 2 aliphatic rings. The first-order chi connectivity index (χ1) is 12.1. The van der Waals surface area contributed by atoms with Gasteiger partial charge >= 0.3 is 0 Å². The van der Waals surface area contributed by atoms with Crippen molar-refractivity contribution in [3.8, 4) is 6.07 Å². The summed E-state index contributed by atoms with van der Waals surface area (Å²) < 4.78 is 0. The molecule has 3 rings (SSSR count). The Bertz CT molecular complexity index is 674. The van der Waals surface area contributed by atoms with Crippen LogP contribution in [0.25, 0.3) is 0 Å². The zero-order valence-corrected chi connectivity index (χ0v) is 16.0. The zero-order chi connectivity index (χ0) is 17.8. The predicted octanol–water partition coefficient (Wildman–Crippen LogP) is 4.01. The fraction of sp³-hybridized carbons (Fsp3) is 0.650. The van der Waals surface area contributed by atoms with Crippen molar-refractivity contribution in [1.82, 2.24) is 10.3 Å². The summed E-state index contributed by atoms with van der Waals surface area (Å²) in [7, 11) is 0. The average Bonchev–Trinajstić information content (AvgIpc) is 3.11. The average molecular weight is 358 g/mol. The highest BCUT2D eigenvalue weighted by Gasteiger charge is 2.28. The van der Waals surface area contributed by atoms with E-state index in [1.807, 2.05) is 6.07 Å². The third-order valence-corrected chi connectivity index (χ3v) is 6.74. The second-order valence-electron chi connectivity index (χ2n) is 7.54. The van der Waals surface area contributed by atoms with Gasteiger partial charge in [0.05, 0.1) is 10.8 Å². The van der Waals surface area contributed by atoms with Crippen LogP contribution in [0.1, 0.15) is 69.2 Å². The van der Waals surface area contributed by atoms with Crippen molar-refractivity contribution in [1.29, 1.82) is 5.26 Å². The Morgan fingerprint density at radius 2 is 2.00 bits per heavy atom. The van der Waals surface area contributed by atoms with Crippen LogP contribution in [0.5, 0.6) is 0 Å². The SMILES string of the molecule is CC(C)C(Sc1nc2c(cc1C#N)CCCC2)C(=O)NC1CCCC1. The molecule has 25 heavy (non-hydrogen) atoms. The summed E-state index contributed by atoms with van der Waals surface area (Å²) in [6.07, 6.45) is 8.90. The Balaban J connectivity index is 1.79. The number of carbonyl (C=O) groups excluding carboxylic acids is 1. The van der Waals surface area contributed by atoms with E-state index in [4.69, 9.17) is 4.98 Å². The Morgan fingerprint density at radius 1 is 1.28 bits per heavy atom. The van der Waals surface area contributed by atoms with E-state index >= 15 is 0 Å². The topological polar surface area (TPSA) is 65.8 Å². The van der Waals surface area contributed by atoms with Gasteiger partial charge in [-0.2, -0.15) is 5.26 Å². The standard InChI is InChI=1S/C20H27N3OS/c1-13(2)18(19(24)22-16-8-4-5-9-16)25-20-15(12-21)11-14-7-3-6-10-17(14)23-20/h11,13,16,18H,3-10H2,1-2H3,(H,22,24). The molecule has 0 saturated heterocycles. The fourth-order valence-corrected chi connectivity index (χ4v) is 4.83. The summed E-state index contributed by atoms with van der Waals surface area (Å²) >= 11 is 1.47. The molecular weight excluding hydrogens is 330 g/mol. The molecule has 1 aromatic heterocycles. The van der Waals surface area contributed by atoms with Crippen molar-refractivity contribution in [2.24, 2.45) is 5.92 Å². The van der Waals surface area contributed by atoms with Crippen LogP contribution in [0.3, 0.4) is 0 Å². The van der Waals surface area contributed by atoms with Crippen LogP contribution >= 0.6 is 11.8 Å². The van der Waals surface area contributed by atoms with Crippen LogP contribution in [-0.4, -0.2) is 22.2 Å². The largest absolute Gasteiger partial charge is 0.352 e. The number of pyridine rings is 1. The van der Waals surface area contributed by atoms with E-state index in [0.717, 1.165) is 42.8 Å². The normalized spacial score (nSPS) is 18.6. The maximum Gasteiger partial charge on any atom is 0.234 e. The molecule has 1 N–H and O–H groups in total.